The van der Waals surface area contributed by atoms with E-state index in [0.29, 0.717) is 0 Å². The highest BCUT2D eigenvalue weighted by Gasteiger charge is 2.46. The molecule has 0 bridgehead atoms. The molecule has 0 heterocycles. The summed E-state index contributed by atoms with van der Waals surface area (Å²) in [6.07, 6.45) is 11.8. The molecule has 0 spiro atoms. The molecule has 0 atom stereocenters. The van der Waals surface area contributed by atoms with E-state index in [0.717, 1.165) is 11.3 Å². The van der Waals surface area contributed by atoms with Crippen molar-refractivity contribution in [3.63, 3.8) is 0 Å². The van der Waals surface area contributed by atoms with Gasteiger partial charge in [0.1, 0.15) is 5.75 Å². The Labute approximate surface area is 179 Å². The molecule has 0 unspecified atom stereocenters. The number of ether oxygens (including phenoxy) is 1. The molecular weight excluding hydrogens is 364 g/mol. The van der Waals surface area contributed by atoms with Crippen molar-refractivity contribution in [3.8, 4) is 29.2 Å². The van der Waals surface area contributed by atoms with Crippen LogP contribution in [-0.2, 0) is 5.41 Å². The summed E-state index contributed by atoms with van der Waals surface area (Å²) < 4.78 is 5.90. The van der Waals surface area contributed by atoms with Gasteiger partial charge in [-0.3, -0.25) is 0 Å². The number of hydrogen-bond acceptors (Lipinski definition) is 1. The number of benzene rings is 3. The van der Waals surface area contributed by atoms with E-state index in [4.69, 9.17) is 11.2 Å². The average Bonchev–Trinajstić information content (AvgIpc) is 3.06. The van der Waals surface area contributed by atoms with Gasteiger partial charge in [0.15, 0.2) is 0 Å². The van der Waals surface area contributed by atoms with Gasteiger partial charge in [-0.25, -0.2) is 0 Å². The van der Waals surface area contributed by atoms with E-state index < -0.39 is 5.41 Å². The maximum Gasteiger partial charge on any atom is 0.119 e. The minimum atomic E-state index is -0.425. The average molecular weight is 391 g/mol. The summed E-state index contributed by atoms with van der Waals surface area (Å²) in [5, 5.41) is 0. The maximum absolute atomic E-state index is 5.90. The van der Waals surface area contributed by atoms with Crippen molar-refractivity contribution in [3.05, 3.63) is 113 Å². The van der Waals surface area contributed by atoms with Crippen molar-refractivity contribution in [2.75, 3.05) is 0 Å². The Balaban J connectivity index is 2.04. The summed E-state index contributed by atoms with van der Waals surface area (Å²) in [5.41, 5.74) is 7.03. The molecule has 3 aromatic carbocycles. The molecule has 1 aliphatic carbocycles. The number of fused-ring (bicyclic) bond motifs is 3. The summed E-state index contributed by atoms with van der Waals surface area (Å²) in [6, 6.07) is 25.9. The molecule has 3 aromatic rings. The van der Waals surface area contributed by atoms with Crippen LogP contribution in [0.1, 0.15) is 37.5 Å². The second kappa shape index (κ2) is 8.09. The number of allylic oxidation sites excluding steroid dienone is 4. The molecule has 0 fully saturated rings. The number of terminal acetylenes is 1. The second-order valence-electron chi connectivity index (χ2n) is 7.78. The fourth-order valence-electron chi connectivity index (χ4n) is 4.66. The van der Waals surface area contributed by atoms with Gasteiger partial charge in [0.05, 0.1) is 11.5 Å². The fraction of sp³-hybridized carbons (Fsp3) is 0.172. The third-order valence-corrected chi connectivity index (χ3v) is 5.71. The van der Waals surface area contributed by atoms with Crippen LogP contribution in [0.5, 0.6) is 5.75 Å². The third kappa shape index (κ3) is 3.06. The zero-order valence-corrected chi connectivity index (χ0v) is 17.7. The van der Waals surface area contributed by atoms with Crippen LogP contribution < -0.4 is 4.74 Å². The maximum atomic E-state index is 5.90. The first-order chi connectivity index (χ1) is 14.6. The van der Waals surface area contributed by atoms with Crippen molar-refractivity contribution < 1.29 is 4.74 Å². The zero-order chi connectivity index (χ0) is 21.1. The Morgan fingerprint density at radius 2 is 1.47 bits per heavy atom. The third-order valence-electron chi connectivity index (χ3n) is 5.71. The lowest BCUT2D eigenvalue weighted by atomic mass is 9.67. The van der Waals surface area contributed by atoms with E-state index in [-0.39, 0.29) is 6.10 Å². The molecule has 0 N–H and O–H groups in total. The molecule has 0 amide bonds. The van der Waals surface area contributed by atoms with Crippen LogP contribution in [0.25, 0.3) is 11.1 Å². The van der Waals surface area contributed by atoms with Gasteiger partial charge in [-0.2, -0.15) is 0 Å². The topological polar surface area (TPSA) is 9.23 Å². The summed E-state index contributed by atoms with van der Waals surface area (Å²) in [4.78, 5) is 0. The van der Waals surface area contributed by atoms with E-state index >= 15 is 0 Å². The van der Waals surface area contributed by atoms with E-state index in [9.17, 15) is 0 Å². The molecule has 148 valence electrons. The van der Waals surface area contributed by atoms with Gasteiger partial charge in [0.2, 0.25) is 0 Å². The first kappa shape index (κ1) is 19.8. The van der Waals surface area contributed by atoms with Crippen LogP contribution in [0.15, 0.2) is 96.6 Å². The Morgan fingerprint density at radius 1 is 0.900 bits per heavy atom. The van der Waals surface area contributed by atoms with Gasteiger partial charge in [-0.05, 0) is 78.4 Å². The van der Waals surface area contributed by atoms with Crippen molar-refractivity contribution in [1.29, 1.82) is 0 Å². The Hall–Kier alpha value is -3.50. The van der Waals surface area contributed by atoms with Crippen LogP contribution in [0.3, 0.4) is 0 Å². The largest absolute Gasteiger partial charge is 0.491 e. The van der Waals surface area contributed by atoms with Gasteiger partial charge < -0.3 is 4.74 Å². The Morgan fingerprint density at radius 3 is 1.97 bits per heavy atom. The molecule has 0 aliphatic heterocycles. The summed E-state index contributed by atoms with van der Waals surface area (Å²) >= 11 is 0. The normalized spacial score (nSPS) is 14.4. The van der Waals surface area contributed by atoms with E-state index in [1.807, 2.05) is 13.8 Å². The van der Waals surface area contributed by atoms with Crippen LogP contribution in [0.4, 0.5) is 0 Å². The Bertz CT molecular complexity index is 1110. The van der Waals surface area contributed by atoms with E-state index in [1.165, 1.54) is 27.8 Å². The summed E-state index contributed by atoms with van der Waals surface area (Å²) in [6.45, 7) is 6.17. The molecular formula is C29H26O. The molecule has 1 aliphatic rings. The predicted octanol–water partition coefficient (Wildman–Crippen LogP) is 6.92. The highest BCUT2D eigenvalue weighted by molar-refractivity contribution is 5.86. The minimum absolute atomic E-state index is 0.141. The SMILES string of the molecule is C#C/C=C\C(=C/C)C1(c2ccc(OC(C)C)cc2)c2ccccc2-c2ccccc21. The number of hydrogen-bond donors (Lipinski definition) is 0. The smallest absolute Gasteiger partial charge is 0.119 e. The molecule has 0 saturated heterocycles. The molecule has 1 nitrogen and oxygen atoms in total. The predicted molar refractivity (Wildman–Crippen MR) is 126 cm³/mol. The van der Waals surface area contributed by atoms with Gasteiger partial charge >= 0.3 is 0 Å². The summed E-state index contributed by atoms with van der Waals surface area (Å²) in [7, 11) is 0. The molecule has 4 rings (SSSR count). The van der Waals surface area contributed by atoms with Crippen molar-refractivity contribution in [1.82, 2.24) is 0 Å². The lowest BCUT2D eigenvalue weighted by molar-refractivity contribution is 0.242. The first-order valence-corrected chi connectivity index (χ1v) is 10.4. The van der Waals surface area contributed by atoms with E-state index in [1.54, 1.807) is 6.08 Å². The fourth-order valence-corrected chi connectivity index (χ4v) is 4.66. The van der Waals surface area contributed by atoms with Gasteiger partial charge in [-0.15, -0.1) is 6.42 Å². The molecule has 30 heavy (non-hydrogen) atoms. The van der Waals surface area contributed by atoms with Crippen LogP contribution in [0.2, 0.25) is 0 Å². The van der Waals surface area contributed by atoms with Crippen molar-refractivity contribution >= 4 is 0 Å². The minimum Gasteiger partial charge on any atom is -0.491 e. The van der Waals surface area contributed by atoms with Crippen LogP contribution in [0, 0.1) is 12.3 Å². The zero-order valence-electron chi connectivity index (χ0n) is 17.7. The molecule has 0 saturated carbocycles. The molecule has 0 aromatic heterocycles. The number of rotatable bonds is 5. The molecule has 0 radical (unpaired) electrons. The van der Waals surface area contributed by atoms with Crippen molar-refractivity contribution in [2.45, 2.75) is 32.3 Å². The second-order valence-corrected chi connectivity index (χ2v) is 7.78. The quantitative estimate of drug-likeness (QED) is 0.339. The van der Waals surface area contributed by atoms with Crippen LogP contribution >= 0.6 is 0 Å². The van der Waals surface area contributed by atoms with Crippen LogP contribution in [-0.4, -0.2) is 6.10 Å². The highest BCUT2D eigenvalue weighted by atomic mass is 16.5. The summed E-state index contributed by atoms with van der Waals surface area (Å²) in [5.74, 6) is 3.54. The molecule has 1 heteroatoms. The standard InChI is InChI=1S/C29H26O/c1-5-7-12-22(6-2)29(23-17-19-24(20-18-23)30-21(3)4)27-15-10-8-13-25(27)26-14-9-11-16-28(26)29/h1,6-21H,2-4H3/b12-7-,22-6+. The first-order valence-electron chi connectivity index (χ1n) is 10.4. The van der Waals surface area contributed by atoms with Crippen molar-refractivity contribution in [2.24, 2.45) is 0 Å². The monoisotopic (exact) mass is 390 g/mol. The Kier molecular flexibility index (Phi) is 5.34. The van der Waals surface area contributed by atoms with Gasteiger partial charge in [-0.1, -0.05) is 72.7 Å². The lowest BCUT2D eigenvalue weighted by Crippen LogP contribution is -2.29. The van der Waals surface area contributed by atoms with E-state index in [2.05, 4.69) is 97.8 Å². The highest BCUT2D eigenvalue weighted by Crippen LogP contribution is 2.56. The van der Waals surface area contributed by atoms with Gasteiger partial charge in [0, 0.05) is 0 Å². The van der Waals surface area contributed by atoms with Gasteiger partial charge in [0.25, 0.3) is 0 Å². The lowest BCUT2D eigenvalue weighted by Gasteiger charge is -2.34.